The summed E-state index contributed by atoms with van der Waals surface area (Å²) in [5.74, 6) is 1.14. The van der Waals surface area contributed by atoms with Crippen LogP contribution in [0.5, 0.6) is 11.5 Å². The maximum absolute atomic E-state index is 12.5. The van der Waals surface area contributed by atoms with Crippen LogP contribution in [-0.4, -0.2) is 26.2 Å². The fourth-order valence-electron chi connectivity index (χ4n) is 2.68. The van der Waals surface area contributed by atoms with Crippen LogP contribution in [-0.2, 0) is 0 Å². The average molecular weight is 336 g/mol. The summed E-state index contributed by atoms with van der Waals surface area (Å²) in [4.78, 5) is 12.5. The topological polar surface area (TPSA) is 73.6 Å². The van der Waals surface area contributed by atoms with E-state index in [0.29, 0.717) is 35.9 Å². The zero-order chi connectivity index (χ0) is 17.6. The molecular formula is C20H20N2O3. The van der Waals surface area contributed by atoms with Gasteiger partial charge in [-0.2, -0.15) is 0 Å². The van der Waals surface area contributed by atoms with E-state index >= 15 is 0 Å². The lowest BCUT2D eigenvalue weighted by Gasteiger charge is -2.12. The molecule has 0 spiro atoms. The Hall–Kier alpha value is -3.21. The second kappa shape index (κ2) is 7.57. The summed E-state index contributed by atoms with van der Waals surface area (Å²) in [6.45, 7) is 0.715. The molecule has 0 saturated carbocycles. The molecule has 3 rings (SSSR count). The number of fused-ring (bicyclic) bond motifs is 1. The Balaban J connectivity index is 1.64. The second-order valence-corrected chi connectivity index (χ2v) is 5.54. The van der Waals surface area contributed by atoms with Gasteiger partial charge in [0.05, 0.1) is 13.7 Å². The minimum atomic E-state index is -0.174. The highest BCUT2D eigenvalue weighted by Crippen LogP contribution is 2.25. The van der Waals surface area contributed by atoms with Gasteiger partial charge < -0.3 is 20.5 Å². The third-order valence-electron chi connectivity index (χ3n) is 3.84. The van der Waals surface area contributed by atoms with Crippen LogP contribution in [0, 0.1) is 0 Å². The van der Waals surface area contributed by atoms with Gasteiger partial charge in [0, 0.05) is 11.3 Å². The van der Waals surface area contributed by atoms with Crippen LogP contribution < -0.4 is 20.5 Å². The molecule has 128 valence electrons. The molecule has 3 aromatic rings. The summed E-state index contributed by atoms with van der Waals surface area (Å²) in [6.07, 6.45) is 0. The molecule has 0 fully saturated rings. The monoisotopic (exact) mass is 336 g/mol. The van der Waals surface area contributed by atoms with E-state index in [2.05, 4.69) is 5.32 Å². The molecule has 5 heteroatoms. The van der Waals surface area contributed by atoms with Crippen molar-refractivity contribution < 1.29 is 14.3 Å². The van der Waals surface area contributed by atoms with Gasteiger partial charge in [0.1, 0.15) is 6.61 Å². The number of nitrogens with one attached hydrogen (secondary N) is 1. The highest BCUT2D eigenvalue weighted by molar-refractivity contribution is 6.08. The zero-order valence-corrected chi connectivity index (χ0v) is 14.0. The molecule has 25 heavy (non-hydrogen) atoms. The van der Waals surface area contributed by atoms with Crippen molar-refractivity contribution in [2.24, 2.45) is 0 Å². The van der Waals surface area contributed by atoms with E-state index in [-0.39, 0.29) is 5.91 Å². The molecule has 0 atom stereocenters. The lowest BCUT2D eigenvalue weighted by atomic mass is 10.0. The second-order valence-electron chi connectivity index (χ2n) is 5.54. The third-order valence-corrected chi connectivity index (χ3v) is 3.84. The van der Waals surface area contributed by atoms with Crippen LogP contribution in [0.25, 0.3) is 10.8 Å². The molecule has 0 aliphatic heterocycles. The third kappa shape index (κ3) is 3.83. The van der Waals surface area contributed by atoms with Gasteiger partial charge in [-0.3, -0.25) is 4.79 Å². The van der Waals surface area contributed by atoms with Crippen LogP contribution in [0.2, 0.25) is 0 Å². The number of ether oxygens (including phenoxy) is 2. The number of methoxy groups -OCH3 is 1. The molecule has 0 bridgehead atoms. The summed E-state index contributed by atoms with van der Waals surface area (Å²) < 4.78 is 10.9. The first-order valence-electron chi connectivity index (χ1n) is 8.01. The summed E-state index contributed by atoms with van der Waals surface area (Å²) in [5.41, 5.74) is 7.03. The van der Waals surface area contributed by atoms with Gasteiger partial charge in [-0.15, -0.1) is 0 Å². The number of hydrogen-bond acceptors (Lipinski definition) is 4. The van der Waals surface area contributed by atoms with Crippen molar-refractivity contribution in [2.45, 2.75) is 0 Å². The number of nitrogens with two attached hydrogens (primary N) is 1. The number of amides is 1. The molecule has 0 aliphatic rings. The normalized spacial score (nSPS) is 10.4. The Morgan fingerprint density at radius 1 is 1.04 bits per heavy atom. The molecule has 5 nitrogen and oxygen atoms in total. The average Bonchev–Trinajstić information content (AvgIpc) is 2.64. The largest absolute Gasteiger partial charge is 0.493 e. The molecule has 0 heterocycles. The van der Waals surface area contributed by atoms with Gasteiger partial charge in [0.15, 0.2) is 11.5 Å². The zero-order valence-electron chi connectivity index (χ0n) is 14.0. The first-order valence-corrected chi connectivity index (χ1v) is 8.01. The highest BCUT2D eigenvalue weighted by Gasteiger charge is 2.11. The van der Waals surface area contributed by atoms with Crippen molar-refractivity contribution in [2.75, 3.05) is 26.0 Å². The van der Waals surface area contributed by atoms with Crippen LogP contribution >= 0.6 is 0 Å². The van der Waals surface area contributed by atoms with E-state index in [9.17, 15) is 4.79 Å². The SMILES string of the molecule is COc1ccccc1OCCNC(=O)c1cc(N)cc2ccccc12. The molecule has 0 radical (unpaired) electrons. The van der Waals surface area contributed by atoms with Crippen LogP contribution in [0.4, 0.5) is 5.69 Å². The predicted octanol–water partition coefficient (Wildman–Crippen LogP) is 3.24. The standard InChI is InChI=1S/C20H20N2O3/c1-24-18-8-4-5-9-19(18)25-11-10-22-20(23)17-13-15(21)12-14-6-2-3-7-16(14)17/h2-9,12-13H,10-11,21H2,1H3,(H,22,23). The van der Waals surface area contributed by atoms with Crippen LogP contribution in [0.15, 0.2) is 60.7 Å². The summed E-state index contributed by atoms with van der Waals surface area (Å²) in [6, 6.07) is 18.6. The molecule has 0 aliphatic carbocycles. The number of benzene rings is 3. The fraction of sp³-hybridized carbons (Fsp3) is 0.150. The number of carbonyl (C=O) groups is 1. The summed E-state index contributed by atoms with van der Waals surface area (Å²) in [7, 11) is 1.59. The van der Waals surface area contributed by atoms with Crippen molar-refractivity contribution in [3.63, 3.8) is 0 Å². The number of para-hydroxylation sites is 2. The van der Waals surface area contributed by atoms with Gasteiger partial charge in [0.2, 0.25) is 0 Å². The number of anilines is 1. The molecule has 0 aromatic heterocycles. The van der Waals surface area contributed by atoms with E-state index in [1.165, 1.54) is 0 Å². The van der Waals surface area contributed by atoms with Gasteiger partial charge >= 0.3 is 0 Å². The van der Waals surface area contributed by atoms with Gasteiger partial charge in [0.25, 0.3) is 5.91 Å². The summed E-state index contributed by atoms with van der Waals surface area (Å²) in [5, 5.41) is 4.68. The molecular weight excluding hydrogens is 316 g/mol. The van der Waals surface area contributed by atoms with Crippen molar-refractivity contribution in [3.05, 3.63) is 66.2 Å². The molecule has 3 N–H and O–H groups in total. The van der Waals surface area contributed by atoms with Crippen molar-refractivity contribution in [3.8, 4) is 11.5 Å². The molecule has 0 saturated heterocycles. The van der Waals surface area contributed by atoms with Gasteiger partial charge in [-0.25, -0.2) is 0 Å². The van der Waals surface area contributed by atoms with Crippen molar-refractivity contribution >= 4 is 22.4 Å². The van der Waals surface area contributed by atoms with E-state index in [0.717, 1.165) is 10.8 Å². The fourth-order valence-corrected chi connectivity index (χ4v) is 2.68. The first kappa shape index (κ1) is 16.6. The van der Waals surface area contributed by atoms with E-state index in [4.69, 9.17) is 15.2 Å². The van der Waals surface area contributed by atoms with Gasteiger partial charge in [-0.1, -0.05) is 36.4 Å². The maximum atomic E-state index is 12.5. The minimum absolute atomic E-state index is 0.174. The summed E-state index contributed by atoms with van der Waals surface area (Å²) >= 11 is 0. The van der Waals surface area contributed by atoms with Gasteiger partial charge in [-0.05, 0) is 35.0 Å². The van der Waals surface area contributed by atoms with E-state index < -0.39 is 0 Å². The van der Waals surface area contributed by atoms with E-state index in [1.807, 2.05) is 54.6 Å². The Morgan fingerprint density at radius 2 is 1.76 bits per heavy atom. The minimum Gasteiger partial charge on any atom is -0.493 e. The lowest BCUT2D eigenvalue weighted by molar-refractivity contribution is 0.0948. The maximum Gasteiger partial charge on any atom is 0.252 e. The Labute approximate surface area is 146 Å². The Kier molecular flexibility index (Phi) is 5.04. The van der Waals surface area contributed by atoms with Crippen LogP contribution in [0.1, 0.15) is 10.4 Å². The smallest absolute Gasteiger partial charge is 0.252 e. The van der Waals surface area contributed by atoms with Crippen molar-refractivity contribution in [1.29, 1.82) is 0 Å². The molecule has 1 amide bonds. The lowest BCUT2D eigenvalue weighted by Crippen LogP contribution is -2.28. The number of rotatable bonds is 6. The Bertz CT molecular complexity index is 893. The molecule has 0 unspecified atom stereocenters. The number of nitrogen functional groups attached to an aromatic ring is 1. The number of hydrogen-bond donors (Lipinski definition) is 2. The molecule has 3 aromatic carbocycles. The predicted molar refractivity (Wildman–Crippen MR) is 99.2 cm³/mol. The van der Waals surface area contributed by atoms with Crippen LogP contribution in [0.3, 0.4) is 0 Å². The van der Waals surface area contributed by atoms with Crippen molar-refractivity contribution in [1.82, 2.24) is 5.32 Å². The Morgan fingerprint density at radius 3 is 2.56 bits per heavy atom. The van der Waals surface area contributed by atoms with E-state index in [1.54, 1.807) is 13.2 Å². The first-order chi connectivity index (χ1) is 12.2. The highest BCUT2D eigenvalue weighted by atomic mass is 16.5. The number of carbonyl (C=O) groups excluding carboxylic acids is 1. The quantitative estimate of drug-likeness (QED) is 0.535.